The van der Waals surface area contributed by atoms with E-state index >= 15 is 0 Å². The van der Waals surface area contributed by atoms with Crippen LogP contribution in [0.15, 0.2) is 0 Å². The fourth-order valence-electron chi connectivity index (χ4n) is 1.21. The van der Waals surface area contributed by atoms with E-state index in [2.05, 4.69) is 9.72 Å². The third-order valence-corrected chi connectivity index (χ3v) is 3.40. The van der Waals surface area contributed by atoms with Crippen LogP contribution < -0.4 is 4.74 Å². The molecule has 0 radical (unpaired) electrons. The van der Waals surface area contributed by atoms with E-state index < -0.39 is 36.6 Å². The van der Waals surface area contributed by atoms with Crippen molar-refractivity contribution in [1.29, 1.82) is 0 Å². The largest absolute Gasteiger partial charge is 0.495 e. The summed E-state index contributed by atoms with van der Waals surface area (Å²) in [7, 11) is 0.756. The summed E-state index contributed by atoms with van der Waals surface area (Å²) < 4.78 is 79.3. The molecule has 10 heteroatoms. The number of ether oxygens (including phenoxy) is 1. The van der Waals surface area contributed by atoms with Gasteiger partial charge in [-0.15, -0.1) is 0 Å². The van der Waals surface area contributed by atoms with Crippen LogP contribution in [0.5, 0.6) is 5.75 Å². The van der Waals surface area contributed by atoms with Crippen molar-refractivity contribution in [2.75, 3.05) is 7.11 Å². The molecule has 0 fully saturated rings. The third kappa shape index (κ3) is 3.11. The van der Waals surface area contributed by atoms with Crippen LogP contribution in [-0.4, -0.2) is 12.1 Å². The second kappa shape index (κ2) is 5.17. The van der Waals surface area contributed by atoms with Gasteiger partial charge in [-0.3, -0.25) is 0 Å². The Hall–Kier alpha value is -0.0100. The van der Waals surface area contributed by atoms with Crippen LogP contribution in [0.25, 0.3) is 0 Å². The Balaban J connectivity index is 3.75. The lowest BCUT2D eigenvalue weighted by Gasteiger charge is -2.19. The zero-order valence-corrected chi connectivity index (χ0v) is 12.7. The van der Waals surface area contributed by atoms with Crippen LogP contribution in [0.1, 0.15) is 11.1 Å². The minimum atomic E-state index is -4.97. The summed E-state index contributed by atoms with van der Waals surface area (Å²) in [6, 6.07) is 0. The molecule has 0 spiro atoms. The van der Waals surface area contributed by atoms with Crippen LogP contribution in [0.3, 0.4) is 0 Å². The Morgan fingerprint density at radius 1 is 0.889 bits per heavy atom. The van der Waals surface area contributed by atoms with E-state index in [0.717, 1.165) is 7.11 Å². The zero-order chi connectivity index (χ0) is 14.3. The van der Waals surface area contributed by atoms with Crippen LogP contribution in [-0.2, 0) is 12.4 Å². The topological polar surface area (TPSA) is 22.1 Å². The zero-order valence-electron chi connectivity index (χ0n) is 8.38. The van der Waals surface area contributed by atoms with Crippen LogP contribution in [0.2, 0.25) is 0 Å². The monoisotopic (exact) mass is 497 g/mol. The van der Waals surface area contributed by atoms with E-state index in [1.54, 1.807) is 0 Å². The summed E-state index contributed by atoms with van der Waals surface area (Å²) in [6.45, 7) is 0. The SMILES string of the molecule is COc1c(C(F)(F)F)c(I)nc(I)c1C(F)(F)F. The molecule has 0 amide bonds. The first kappa shape index (κ1) is 16.0. The highest BCUT2D eigenvalue weighted by atomic mass is 127. The van der Waals surface area contributed by atoms with Crippen LogP contribution >= 0.6 is 45.2 Å². The molecule has 0 saturated carbocycles. The first-order valence-electron chi connectivity index (χ1n) is 4.07. The number of hydrogen-bond donors (Lipinski definition) is 0. The molecule has 0 N–H and O–H groups in total. The molecule has 1 rings (SSSR count). The average molecular weight is 497 g/mol. The van der Waals surface area contributed by atoms with E-state index in [9.17, 15) is 26.3 Å². The van der Waals surface area contributed by atoms with E-state index in [1.807, 2.05) is 0 Å². The molecule has 2 nitrogen and oxygen atoms in total. The summed E-state index contributed by atoms with van der Waals surface area (Å²) in [6.07, 6.45) is -9.95. The Bertz CT molecular complexity index is 432. The number of halogens is 8. The Morgan fingerprint density at radius 3 is 1.44 bits per heavy atom. The maximum atomic E-state index is 12.7. The van der Waals surface area contributed by atoms with E-state index in [1.165, 1.54) is 45.2 Å². The predicted molar refractivity (Wildman–Crippen MR) is 66.2 cm³/mol. The van der Waals surface area contributed by atoms with Crippen molar-refractivity contribution in [2.45, 2.75) is 12.4 Å². The molecule has 102 valence electrons. The highest BCUT2D eigenvalue weighted by Crippen LogP contribution is 2.46. The highest BCUT2D eigenvalue weighted by Gasteiger charge is 2.46. The number of nitrogens with zero attached hydrogens (tertiary/aromatic N) is 1. The first-order chi connectivity index (χ1) is 8.00. The van der Waals surface area contributed by atoms with Crippen molar-refractivity contribution < 1.29 is 31.1 Å². The lowest BCUT2D eigenvalue weighted by Crippen LogP contribution is -2.19. The minimum Gasteiger partial charge on any atom is -0.495 e. The Kier molecular flexibility index (Phi) is 4.61. The smallest absolute Gasteiger partial charge is 0.422 e. The molecule has 0 atom stereocenters. The molecule has 0 aliphatic heterocycles. The highest BCUT2D eigenvalue weighted by molar-refractivity contribution is 14.1. The number of hydrogen-bond acceptors (Lipinski definition) is 2. The normalized spacial score (nSPS) is 12.7. The van der Waals surface area contributed by atoms with Crippen LogP contribution in [0.4, 0.5) is 26.3 Å². The fraction of sp³-hybridized carbons (Fsp3) is 0.375. The lowest BCUT2D eigenvalue weighted by atomic mass is 10.1. The van der Waals surface area contributed by atoms with Crippen molar-refractivity contribution in [3.8, 4) is 5.75 Å². The maximum Gasteiger partial charge on any atom is 0.422 e. The van der Waals surface area contributed by atoms with Gasteiger partial charge >= 0.3 is 12.4 Å². The molecule has 0 aliphatic carbocycles. The second-order valence-electron chi connectivity index (χ2n) is 2.97. The van der Waals surface area contributed by atoms with Gasteiger partial charge in [0.15, 0.2) is 0 Å². The second-order valence-corrected chi connectivity index (χ2v) is 5.02. The van der Waals surface area contributed by atoms with Gasteiger partial charge in [-0.2, -0.15) is 26.3 Å². The van der Waals surface area contributed by atoms with Gasteiger partial charge in [0.2, 0.25) is 0 Å². The minimum absolute atomic E-state index is 0.589. The summed E-state index contributed by atoms with van der Waals surface area (Å²) in [5, 5.41) is 0. The van der Waals surface area contributed by atoms with E-state index in [0.29, 0.717) is 0 Å². The van der Waals surface area contributed by atoms with Crippen molar-refractivity contribution in [3.05, 3.63) is 18.5 Å². The molecule has 0 aliphatic rings. The molecule has 1 aromatic rings. The summed E-state index contributed by atoms with van der Waals surface area (Å²) in [4.78, 5) is 3.27. The molecule has 0 aromatic carbocycles. The molecule has 18 heavy (non-hydrogen) atoms. The molecule has 0 bridgehead atoms. The standard InChI is InChI=1S/C8H3F6I2NO/c1-18-4-2(7(9,10)11)5(15)17-6(16)3(4)8(12,13)14/h1H3. The van der Waals surface area contributed by atoms with Gasteiger partial charge in [0.25, 0.3) is 0 Å². The van der Waals surface area contributed by atoms with E-state index in [-0.39, 0.29) is 0 Å². The molecule has 0 unspecified atom stereocenters. The number of aromatic nitrogens is 1. The molecule has 1 heterocycles. The first-order valence-corrected chi connectivity index (χ1v) is 6.23. The third-order valence-electron chi connectivity index (χ3n) is 1.83. The number of pyridine rings is 1. The van der Waals surface area contributed by atoms with Gasteiger partial charge in [-0.1, -0.05) is 0 Å². The van der Waals surface area contributed by atoms with Gasteiger partial charge in [0, 0.05) is 0 Å². The van der Waals surface area contributed by atoms with Crippen molar-refractivity contribution in [2.24, 2.45) is 0 Å². The lowest BCUT2D eigenvalue weighted by molar-refractivity contribution is -0.146. The molecule has 0 saturated heterocycles. The Labute approximate surface area is 124 Å². The maximum absolute atomic E-state index is 12.7. The van der Waals surface area contributed by atoms with Crippen molar-refractivity contribution in [1.82, 2.24) is 4.98 Å². The number of rotatable bonds is 1. The van der Waals surface area contributed by atoms with Gasteiger partial charge in [0.05, 0.1) is 7.11 Å². The van der Waals surface area contributed by atoms with Crippen LogP contribution in [0, 0.1) is 7.40 Å². The van der Waals surface area contributed by atoms with E-state index in [4.69, 9.17) is 0 Å². The van der Waals surface area contributed by atoms with Gasteiger partial charge in [0.1, 0.15) is 24.3 Å². The predicted octanol–water partition coefficient (Wildman–Crippen LogP) is 4.34. The van der Waals surface area contributed by atoms with Gasteiger partial charge in [-0.05, 0) is 45.2 Å². The van der Waals surface area contributed by atoms with Gasteiger partial charge < -0.3 is 4.74 Å². The Morgan fingerprint density at radius 2 is 1.22 bits per heavy atom. The molecular weight excluding hydrogens is 494 g/mol. The molecular formula is C8H3F6I2NO. The van der Waals surface area contributed by atoms with Crippen molar-refractivity contribution in [3.63, 3.8) is 0 Å². The number of methoxy groups -OCH3 is 1. The summed E-state index contributed by atoms with van der Waals surface area (Å²) in [5.41, 5.74) is -3.03. The summed E-state index contributed by atoms with van der Waals surface area (Å²) >= 11 is 2.44. The summed E-state index contributed by atoms with van der Waals surface area (Å²) in [5.74, 6) is -1.25. The fourth-order valence-corrected chi connectivity index (χ4v) is 3.25. The quantitative estimate of drug-likeness (QED) is 0.328. The average Bonchev–Trinajstić information content (AvgIpc) is 2.11. The molecule has 1 aromatic heterocycles. The van der Waals surface area contributed by atoms with Gasteiger partial charge in [-0.25, -0.2) is 4.98 Å². The number of alkyl halides is 6. The van der Waals surface area contributed by atoms with Crippen molar-refractivity contribution >= 4 is 45.2 Å².